The van der Waals surface area contributed by atoms with Crippen molar-refractivity contribution in [1.29, 1.82) is 0 Å². The van der Waals surface area contributed by atoms with Crippen LogP contribution in [-0.4, -0.2) is 64.5 Å². The predicted molar refractivity (Wildman–Crippen MR) is 133 cm³/mol. The van der Waals surface area contributed by atoms with Crippen molar-refractivity contribution in [2.45, 2.75) is 26.3 Å². The van der Waals surface area contributed by atoms with Crippen LogP contribution >= 0.6 is 0 Å². The number of benzene rings is 2. The number of hydrogen-bond donors (Lipinski definition) is 0. The average molecular weight is 458 g/mol. The van der Waals surface area contributed by atoms with Crippen LogP contribution in [0.2, 0.25) is 0 Å². The third-order valence-corrected chi connectivity index (χ3v) is 6.35. The molecule has 4 rings (SSSR count). The fraction of sp³-hybridized carbons (Fsp3) is 0.333. The predicted octanol–water partition coefficient (Wildman–Crippen LogP) is 3.79. The van der Waals surface area contributed by atoms with E-state index in [2.05, 4.69) is 15.1 Å². The lowest BCUT2D eigenvalue weighted by atomic mass is 10.1. The summed E-state index contributed by atoms with van der Waals surface area (Å²) in [6.45, 7) is 6.45. The standard InChI is InChI=1S/C27H31N5O2/c1-3-26(33)32(21(2)22-10-6-4-7-11-22)20-27(34)31-18-16-30(17-19-31)25-15-14-24(28-29-25)23-12-8-5-9-13-23/h4-15,21H,3,16-20H2,1-2H3/t21-/m0/s1. The zero-order valence-corrected chi connectivity index (χ0v) is 19.8. The maximum Gasteiger partial charge on any atom is 0.242 e. The van der Waals surface area contributed by atoms with Crippen LogP contribution in [0.15, 0.2) is 72.8 Å². The molecular formula is C27H31N5O2. The van der Waals surface area contributed by atoms with E-state index in [1.807, 2.05) is 91.5 Å². The topological polar surface area (TPSA) is 69.6 Å². The van der Waals surface area contributed by atoms with Gasteiger partial charge >= 0.3 is 0 Å². The van der Waals surface area contributed by atoms with Crippen molar-refractivity contribution >= 4 is 17.6 Å². The maximum atomic E-state index is 13.1. The zero-order valence-electron chi connectivity index (χ0n) is 19.8. The molecule has 0 unspecified atom stereocenters. The molecule has 0 aliphatic carbocycles. The van der Waals surface area contributed by atoms with Gasteiger partial charge in [0.05, 0.1) is 11.7 Å². The third-order valence-electron chi connectivity index (χ3n) is 6.35. The van der Waals surface area contributed by atoms with E-state index in [9.17, 15) is 9.59 Å². The first-order chi connectivity index (χ1) is 16.6. The van der Waals surface area contributed by atoms with Crippen LogP contribution in [0.4, 0.5) is 5.82 Å². The Kier molecular flexibility index (Phi) is 7.52. The Bertz CT molecular complexity index is 1080. The van der Waals surface area contributed by atoms with Crippen molar-refractivity contribution in [2.24, 2.45) is 0 Å². The molecule has 2 aromatic carbocycles. The van der Waals surface area contributed by atoms with Crippen molar-refractivity contribution < 1.29 is 9.59 Å². The molecular weight excluding hydrogens is 426 g/mol. The van der Waals surface area contributed by atoms with Gasteiger partial charge in [-0.1, -0.05) is 67.6 Å². The van der Waals surface area contributed by atoms with Gasteiger partial charge in [0.25, 0.3) is 0 Å². The summed E-state index contributed by atoms with van der Waals surface area (Å²) in [5.41, 5.74) is 2.90. The van der Waals surface area contributed by atoms with Crippen LogP contribution in [0.1, 0.15) is 31.9 Å². The second kappa shape index (κ2) is 10.9. The number of hydrogen-bond acceptors (Lipinski definition) is 5. The van der Waals surface area contributed by atoms with Gasteiger partial charge in [0, 0.05) is 38.2 Å². The quantitative estimate of drug-likeness (QED) is 0.540. The van der Waals surface area contributed by atoms with Gasteiger partial charge in [0.2, 0.25) is 11.8 Å². The normalized spacial score (nSPS) is 14.5. The molecule has 1 atom stereocenters. The molecule has 0 bridgehead atoms. The Labute approximate surface area is 201 Å². The van der Waals surface area contributed by atoms with Gasteiger partial charge in [-0.05, 0) is 24.6 Å². The molecule has 0 saturated carbocycles. The van der Waals surface area contributed by atoms with Crippen LogP contribution < -0.4 is 4.90 Å². The smallest absolute Gasteiger partial charge is 0.242 e. The van der Waals surface area contributed by atoms with Crippen molar-refractivity contribution in [3.8, 4) is 11.3 Å². The molecule has 0 spiro atoms. The summed E-state index contributed by atoms with van der Waals surface area (Å²) in [6.07, 6.45) is 0.371. The monoisotopic (exact) mass is 457 g/mol. The first-order valence-electron chi connectivity index (χ1n) is 11.8. The van der Waals surface area contributed by atoms with Gasteiger partial charge in [-0.15, -0.1) is 10.2 Å². The summed E-state index contributed by atoms with van der Waals surface area (Å²) < 4.78 is 0. The number of amides is 2. The minimum Gasteiger partial charge on any atom is -0.352 e. The molecule has 0 N–H and O–H groups in total. The molecule has 0 radical (unpaired) electrons. The Balaban J connectivity index is 1.35. The van der Waals surface area contributed by atoms with Crippen LogP contribution in [0, 0.1) is 0 Å². The van der Waals surface area contributed by atoms with Crippen molar-refractivity contribution in [2.75, 3.05) is 37.6 Å². The SMILES string of the molecule is CCC(=O)N(CC(=O)N1CCN(c2ccc(-c3ccccc3)nn2)CC1)[C@@H](C)c1ccccc1. The average Bonchev–Trinajstić information content (AvgIpc) is 2.92. The van der Waals surface area contributed by atoms with Gasteiger partial charge in [-0.2, -0.15) is 0 Å². The molecule has 2 heterocycles. The van der Waals surface area contributed by atoms with E-state index >= 15 is 0 Å². The first kappa shape index (κ1) is 23.4. The zero-order chi connectivity index (χ0) is 23.9. The van der Waals surface area contributed by atoms with Gasteiger partial charge in [-0.25, -0.2) is 0 Å². The summed E-state index contributed by atoms with van der Waals surface area (Å²) in [5, 5.41) is 8.79. The molecule has 2 amide bonds. The number of nitrogens with zero attached hydrogens (tertiary/aromatic N) is 5. The van der Waals surface area contributed by atoms with E-state index in [1.165, 1.54) is 0 Å². The molecule has 1 aromatic heterocycles. The number of carbonyl (C=O) groups excluding carboxylic acids is 2. The summed E-state index contributed by atoms with van der Waals surface area (Å²) in [4.78, 5) is 31.4. The minimum atomic E-state index is -0.155. The molecule has 7 heteroatoms. The van der Waals surface area contributed by atoms with Crippen LogP contribution in [0.3, 0.4) is 0 Å². The molecule has 7 nitrogen and oxygen atoms in total. The molecule has 1 aliphatic rings. The Morgan fingerprint density at radius 3 is 2.12 bits per heavy atom. The fourth-order valence-electron chi connectivity index (χ4n) is 4.24. The molecule has 1 aliphatic heterocycles. The highest BCUT2D eigenvalue weighted by atomic mass is 16.2. The van der Waals surface area contributed by atoms with E-state index in [0.29, 0.717) is 32.6 Å². The number of rotatable bonds is 7. The lowest BCUT2D eigenvalue weighted by molar-refractivity contribution is -0.142. The lowest BCUT2D eigenvalue weighted by Crippen LogP contribution is -2.52. The third kappa shape index (κ3) is 5.42. The van der Waals surface area contributed by atoms with E-state index < -0.39 is 0 Å². The van der Waals surface area contributed by atoms with Crippen LogP contribution in [0.25, 0.3) is 11.3 Å². The van der Waals surface area contributed by atoms with E-state index in [4.69, 9.17) is 0 Å². The maximum absolute atomic E-state index is 13.1. The molecule has 1 saturated heterocycles. The van der Waals surface area contributed by atoms with Crippen molar-refractivity contribution in [1.82, 2.24) is 20.0 Å². The largest absolute Gasteiger partial charge is 0.352 e. The van der Waals surface area contributed by atoms with Crippen LogP contribution in [-0.2, 0) is 9.59 Å². The second-order valence-corrected chi connectivity index (χ2v) is 8.47. The molecule has 1 fully saturated rings. The highest BCUT2D eigenvalue weighted by Crippen LogP contribution is 2.22. The van der Waals surface area contributed by atoms with Gasteiger partial charge < -0.3 is 14.7 Å². The summed E-state index contributed by atoms with van der Waals surface area (Å²) in [7, 11) is 0. The fourth-order valence-corrected chi connectivity index (χ4v) is 4.24. The van der Waals surface area contributed by atoms with Gasteiger partial charge in [-0.3, -0.25) is 9.59 Å². The molecule has 3 aromatic rings. The van der Waals surface area contributed by atoms with E-state index in [1.54, 1.807) is 4.90 Å². The van der Waals surface area contributed by atoms with Gasteiger partial charge in [0.15, 0.2) is 5.82 Å². The van der Waals surface area contributed by atoms with E-state index in [0.717, 1.165) is 22.6 Å². The van der Waals surface area contributed by atoms with Crippen molar-refractivity contribution in [3.05, 3.63) is 78.4 Å². The number of carbonyl (C=O) groups is 2. The van der Waals surface area contributed by atoms with E-state index in [-0.39, 0.29) is 24.4 Å². The Morgan fingerprint density at radius 2 is 1.53 bits per heavy atom. The highest BCUT2D eigenvalue weighted by Gasteiger charge is 2.27. The van der Waals surface area contributed by atoms with Gasteiger partial charge in [0.1, 0.15) is 6.54 Å². The lowest BCUT2D eigenvalue weighted by Gasteiger charge is -2.37. The molecule has 34 heavy (non-hydrogen) atoms. The Hall–Kier alpha value is -3.74. The summed E-state index contributed by atoms with van der Waals surface area (Å²) in [5.74, 6) is 0.777. The first-order valence-corrected chi connectivity index (χ1v) is 11.8. The van der Waals surface area contributed by atoms with Crippen molar-refractivity contribution in [3.63, 3.8) is 0 Å². The Morgan fingerprint density at radius 1 is 0.882 bits per heavy atom. The number of aromatic nitrogens is 2. The second-order valence-electron chi connectivity index (χ2n) is 8.47. The highest BCUT2D eigenvalue weighted by molar-refractivity contribution is 5.85. The summed E-state index contributed by atoms with van der Waals surface area (Å²) >= 11 is 0. The molecule has 176 valence electrons. The number of anilines is 1. The van der Waals surface area contributed by atoms with Crippen LogP contribution in [0.5, 0.6) is 0 Å². The summed E-state index contributed by atoms with van der Waals surface area (Å²) in [6, 6.07) is 23.6. The minimum absolute atomic E-state index is 0.0166. The number of piperazine rings is 1.